The molecule has 0 saturated carbocycles. The van der Waals surface area contributed by atoms with Gasteiger partial charge in [-0.2, -0.15) is 0 Å². The number of hydrogen-bond acceptors (Lipinski definition) is 5. The van der Waals surface area contributed by atoms with Crippen molar-refractivity contribution in [1.82, 2.24) is 15.5 Å². The lowest BCUT2D eigenvalue weighted by atomic mass is 10.1. The van der Waals surface area contributed by atoms with Crippen molar-refractivity contribution in [2.45, 2.75) is 47.1 Å². The summed E-state index contributed by atoms with van der Waals surface area (Å²) in [5.74, 6) is 0.852. The first-order valence-corrected chi connectivity index (χ1v) is 8.64. The van der Waals surface area contributed by atoms with E-state index in [1.165, 1.54) is 0 Å². The van der Waals surface area contributed by atoms with Gasteiger partial charge in [-0.25, -0.2) is 4.99 Å². The van der Waals surface area contributed by atoms with Crippen LogP contribution in [0.4, 0.5) is 0 Å². The van der Waals surface area contributed by atoms with E-state index >= 15 is 0 Å². The molecule has 0 aromatic rings. The minimum Gasteiger partial charge on any atom is -0.381 e. The lowest BCUT2D eigenvalue weighted by Gasteiger charge is -2.30. The van der Waals surface area contributed by atoms with Gasteiger partial charge in [-0.05, 0) is 39.2 Å². The number of rotatable bonds is 8. The fraction of sp³-hybridized carbons (Fsp3) is 0.667. The van der Waals surface area contributed by atoms with Crippen molar-refractivity contribution in [2.75, 3.05) is 27.2 Å². The maximum atomic E-state index is 12.6. The highest BCUT2D eigenvalue weighted by Gasteiger charge is 2.23. The number of carbonyl (C=O) groups is 1. The average molecular weight is 336 g/mol. The zero-order valence-electron chi connectivity index (χ0n) is 16.1. The van der Waals surface area contributed by atoms with E-state index in [1.54, 1.807) is 7.05 Å². The molecule has 0 aliphatic carbocycles. The average Bonchev–Trinajstić information content (AvgIpc) is 2.51. The highest BCUT2D eigenvalue weighted by molar-refractivity contribution is 5.98. The van der Waals surface area contributed by atoms with E-state index in [0.29, 0.717) is 30.6 Å². The monoisotopic (exact) mass is 336 g/mol. The SMILES string of the molecule is CCO[C@H](C)CCNC(=O)/C(NC)=C1\N=C(C)C=C(C(C)C)N1C. The molecule has 0 saturated heterocycles. The van der Waals surface area contributed by atoms with Crippen LogP contribution in [0.1, 0.15) is 41.0 Å². The van der Waals surface area contributed by atoms with Crippen LogP contribution in [0, 0.1) is 5.92 Å². The molecule has 1 aliphatic heterocycles. The van der Waals surface area contributed by atoms with Crippen LogP contribution in [0.25, 0.3) is 0 Å². The molecular formula is C18H32N4O2. The Hall–Kier alpha value is -1.82. The second-order valence-corrected chi connectivity index (χ2v) is 6.30. The third-order valence-electron chi connectivity index (χ3n) is 3.92. The number of carbonyl (C=O) groups excluding carboxylic acids is 1. The first-order valence-electron chi connectivity index (χ1n) is 8.64. The second kappa shape index (κ2) is 9.47. The predicted molar refractivity (Wildman–Crippen MR) is 98.6 cm³/mol. The molecule has 6 heteroatoms. The Morgan fingerprint density at radius 1 is 1.38 bits per heavy atom. The summed E-state index contributed by atoms with van der Waals surface area (Å²) >= 11 is 0. The predicted octanol–water partition coefficient (Wildman–Crippen LogP) is 2.25. The van der Waals surface area contributed by atoms with Crippen molar-refractivity contribution in [3.8, 4) is 0 Å². The Bertz CT molecular complexity index is 535. The fourth-order valence-electron chi connectivity index (χ4n) is 2.66. The van der Waals surface area contributed by atoms with E-state index in [-0.39, 0.29) is 12.0 Å². The van der Waals surface area contributed by atoms with E-state index < -0.39 is 0 Å². The molecule has 1 heterocycles. The minimum absolute atomic E-state index is 0.133. The van der Waals surface area contributed by atoms with Crippen molar-refractivity contribution in [3.63, 3.8) is 0 Å². The van der Waals surface area contributed by atoms with Gasteiger partial charge in [0, 0.05) is 38.7 Å². The van der Waals surface area contributed by atoms with Crippen LogP contribution in [-0.2, 0) is 9.53 Å². The smallest absolute Gasteiger partial charge is 0.271 e. The van der Waals surface area contributed by atoms with Crippen molar-refractivity contribution in [3.05, 3.63) is 23.3 Å². The lowest BCUT2D eigenvalue weighted by molar-refractivity contribution is -0.118. The van der Waals surface area contributed by atoms with E-state index in [0.717, 1.165) is 17.8 Å². The third-order valence-corrected chi connectivity index (χ3v) is 3.92. The van der Waals surface area contributed by atoms with Gasteiger partial charge in [-0.1, -0.05) is 13.8 Å². The molecule has 1 rings (SSSR count). The second-order valence-electron chi connectivity index (χ2n) is 6.30. The van der Waals surface area contributed by atoms with Gasteiger partial charge in [0.25, 0.3) is 5.91 Å². The summed E-state index contributed by atoms with van der Waals surface area (Å²) < 4.78 is 5.48. The molecular weight excluding hydrogens is 304 g/mol. The minimum atomic E-state index is -0.149. The largest absolute Gasteiger partial charge is 0.381 e. The Balaban J connectivity index is 2.88. The molecule has 0 aromatic carbocycles. The van der Waals surface area contributed by atoms with E-state index in [2.05, 4.69) is 35.5 Å². The molecule has 0 fully saturated rings. The van der Waals surface area contributed by atoms with Crippen LogP contribution in [-0.4, -0.2) is 49.9 Å². The van der Waals surface area contributed by atoms with Gasteiger partial charge < -0.3 is 20.3 Å². The quantitative estimate of drug-likeness (QED) is 0.667. The summed E-state index contributed by atoms with van der Waals surface area (Å²) in [6.45, 7) is 11.4. The summed E-state index contributed by atoms with van der Waals surface area (Å²) in [5.41, 5.74) is 2.52. The molecule has 1 aliphatic rings. The molecule has 0 unspecified atom stereocenters. The molecule has 24 heavy (non-hydrogen) atoms. The van der Waals surface area contributed by atoms with E-state index in [9.17, 15) is 4.79 Å². The standard InChI is InChI=1S/C18H32N4O2/c1-8-24-14(5)9-10-20-18(23)16(19-6)17-21-13(4)11-15(12(2)3)22(17)7/h11-12,14,19H,8-10H2,1-7H3,(H,20,23)/b17-16-/t14-/m1/s1. The topological polar surface area (TPSA) is 66.0 Å². The van der Waals surface area contributed by atoms with E-state index in [1.807, 2.05) is 32.7 Å². The molecule has 0 radical (unpaired) electrons. The van der Waals surface area contributed by atoms with Crippen LogP contribution >= 0.6 is 0 Å². The zero-order valence-corrected chi connectivity index (χ0v) is 16.1. The fourth-order valence-corrected chi connectivity index (χ4v) is 2.66. The molecule has 0 aromatic heterocycles. The first kappa shape index (κ1) is 20.2. The van der Waals surface area contributed by atoms with Gasteiger partial charge >= 0.3 is 0 Å². The third kappa shape index (κ3) is 5.37. The van der Waals surface area contributed by atoms with Crippen molar-refractivity contribution >= 4 is 11.6 Å². The van der Waals surface area contributed by atoms with Crippen LogP contribution in [0.5, 0.6) is 0 Å². The van der Waals surface area contributed by atoms with Gasteiger partial charge in [-0.3, -0.25) is 4.79 Å². The molecule has 1 amide bonds. The summed E-state index contributed by atoms with van der Waals surface area (Å²) in [5, 5.41) is 5.95. The molecule has 6 nitrogen and oxygen atoms in total. The summed E-state index contributed by atoms with van der Waals surface area (Å²) in [4.78, 5) is 19.1. The van der Waals surface area contributed by atoms with Gasteiger partial charge in [0.05, 0.1) is 6.10 Å². The number of hydrogen-bond donors (Lipinski definition) is 2. The van der Waals surface area contributed by atoms with Crippen LogP contribution in [0.15, 0.2) is 28.3 Å². The van der Waals surface area contributed by atoms with Crippen LogP contribution in [0.3, 0.4) is 0 Å². The number of ether oxygens (including phenoxy) is 1. The van der Waals surface area contributed by atoms with Crippen LogP contribution in [0.2, 0.25) is 0 Å². The van der Waals surface area contributed by atoms with Gasteiger partial charge in [0.15, 0.2) is 5.82 Å². The highest BCUT2D eigenvalue weighted by atomic mass is 16.5. The van der Waals surface area contributed by atoms with Gasteiger partial charge in [-0.15, -0.1) is 0 Å². The zero-order chi connectivity index (χ0) is 18.3. The maximum absolute atomic E-state index is 12.6. The molecule has 0 bridgehead atoms. The number of amides is 1. The number of likely N-dealkylation sites (N-methyl/N-ethyl adjacent to an activating group) is 1. The number of allylic oxidation sites excluding steroid dienone is 2. The molecule has 1 atom stereocenters. The van der Waals surface area contributed by atoms with Crippen molar-refractivity contribution in [2.24, 2.45) is 10.9 Å². The van der Waals surface area contributed by atoms with Gasteiger partial charge in [0.1, 0.15) is 5.70 Å². The van der Waals surface area contributed by atoms with E-state index in [4.69, 9.17) is 4.74 Å². The lowest BCUT2D eigenvalue weighted by Crippen LogP contribution is -2.36. The maximum Gasteiger partial charge on any atom is 0.271 e. The Morgan fingerprint density at radius 2 is 2.04 bits per heavy atom. The highest BCUT2D eigenvalue weighted by Crippen LogP contribution is 2.25. The first-order chi connectivity index (χ1) is 11.3. The normalized spacial score (nSPS) is 18.1. The summed E-state index contributed by atoms with van der Waals surface area (Å²) in [6.07, 6.45) is 2.97. The number of aliphatic imine (C=N–C) groups is 1. The Kier molecular flexibility index (Phi) is 7.98. The summed E-state index contributed by atoms with van der Waals surface area (Å²) in [7, 11) is 3.69. The Morgan fingerprint density at radius 3 is 2.58 bits per heavy atom. The number of nitrogens with one attached hydrogen (secondary N) is 2. The molecule has 136 valence electrons. The Labute approximate surface area is 146 Å². The van der Waals surface area contributed by atoms with Crippen molar-refractivity contribution in [1.29, 1.82) is 0 Å². The van der Waals surface area contributed by atoms with Gasteiger partial charge in [0.2, 0.25) is 0 Å². The number of nitrogens with zero attached hydrogens (tertiary/aromatic N) is 2. The van der Waals surface area contributed by atoms with Crippen LogP contribution < -0.4 is 10.6 Å². The summed E-state index contributed by atoms with van der Waals surface area (Å²) in [6, 6.07) is 0. The molecule has 0 spiro atoms. The van der Waals surface area contributed by atoms with Crippen molar-refractivity contribution < 1.29 is 9.53 Å². The molecule has 2 N–H and O–H groups in total.